The Morgan fingerprint density at radius 2 is 1.78 bits per heavy atom. The van der Waals surface area contributed by atoms with Crippen molar-refractivity contribution < 1.29 is 17.9 Å². The number of nitrogens with two attached hydrogens (primary N) is 1. The highest BCUT2D eigenvalue weighted by Crippen LogP contribution is 2.30. The first-order valence-corrected chi connectivity index (χ1v) is 13.9. The first-order valence-electron chi connectivity index (χ1n) is 11.4. The fourth-order valence-corrected chi connectivity index (χ4v) is 5.91. The lowest BCUT2D eigenvalue weighted by molar-refractivity contribution is 0.1000. The van der Waals surface area contributed by atoms with E-state index in [2.05, 4.69) is 9.71 Å². The maximum atomic E-state index is 13.3. The zero-order valence-corrected chi connectivity index (χ0v) is 22.3. The number of rotatable bonds is 10. The third-order valence-electron chi connectivity index (χ3n) is 5.92. The molecule has 3 N–H and O–H groups in total. The Morgan fingerprint density at radius 1 is 1.00 bits per heavy atom. The van der Waals surface area contributed by atoms with E-state index in [-0.39, 0.29) is 29.8 Å². The van der Waals surface area contributed by atoms with E-state index in [0.29, 0.717) is 33.5 Å². The van der Waals surface area contributed by atoms with Gasteiger partial charge in [0, 0.05) is 34.9 Å². The second-order valence-corrected chi connectivity index (χ2v) is 10.7. The van der Waals surface area contributed by atoms with Crippen LogP contribution in [-0.4, -0.2) is 19.3 Å². The predicted octanol–water partition coefficient (Wildman–Crippen LogP) is 5.18. The topological polar surface area (TPSA) is 111 Å². The second-order valence-electron chi connectivity index (χ2n) is 8.41. The van der Waals surface area contributed by atoms with Gasteiger partial charge in [-0.05, 0) is 59.5 Å². The largest absolute Gasteiger partial charge is 0.487 e. The van der Waals surface area contributed by atoms with Gasteiger partial charge in [0.15, 0.2) is 0 Å². The van der Waals surface area contributed by atoms with Gasteiger partial charge in [-0.15, -0.1) is 23.2 Å². The normalized spacial score (nSPS) is 11.5. The summed E-state index contributed by atoms with van der Waals surface area (Å²) in [4.78, 5) is 16.1. The molecule has 7 nitrogen and oxygen atoms in total. The summed E-state index contributed by atoms with van der Waals surface area (Å²) in [5, 5.41) is 0.930. The van der Waals surface area contributed by atoms with Crippen LogP contribution in [0.25, 0.3) is 10.9 Å². The monoisotopic (exact) mass is 557 g/mol. The van der Waals surface area contributed by atoms with Gasteiger partial charge < -0.3 is 10.5 Å². The number of nitrogens with zero attached hydrogens (tertiary/aromatic N) is 1. The molecule has 0 radical (unpaired) electrons. The van der Waals surface area contributed by atoms with Gasteiger partial charge in [-0.25, -0.2) is 18.1 Å². The molecule has 0 aliphatic heterocycles. The number of aryl methyl sites for hydroxylation is 1. The molecule has 37 heavy (non-hydrogen) atoms. The van der Waals surface area contributed by atoms with Crippen LogP contribution in [-0.2, 0) is 34.9 Å². The molecule has 0 aliphatic carbocycles. The smallest absolute Gasteiger partial charge is 0.248 e. The number of primary amides is 1. The van der Waals surface area contributed by atoms with Crippen LogP contribution in [0.5, 0.6) is 5.75 Å². The molecule has 0 unspecified atom stereocenters. The number of ether oxygens (including phenoxy) is 1. The molecule has 0 atom stereocenters. The van der Waals surface area contributed by atoms with Crippen molar-refractivity contribution in [3.05, 3.63) is 100 Å². The molecule has 0 aliphatic rings. The highest BCUT2D eigenvalue weighted by atomic mass is 35.5. The van der Waals surface area contributed by atoms with E-state index in [4.69, 9.17) is 33.7 Å². The predicted molar refractivity (Wildman–Crippen MR) is 145 cm³/mol. The molecule has 0 spiro atoms. The Labute approximate surface area is 225 Å². The average molecular weight is 558 g/mol. The number of halogens is 2. The quantitative estimate of drug-likeness (QED) is 0.261. The first-order chi connectivity index (χ1) is 17.7. The van der Waals surface area contributed by atoms with Crippen molar-refractivity contribution >= 4 is 50.0 Å². The number of pyridine rings is 1. The zero-order valence-electron chi connectivity index (χ0n) is 20.0. The van der Waals surface area contributed by atoms with Crippen molar-refractivity contribution in [3.63, 3.8) is 0 Å². The summed E-state index contributed by atoms with van der Waals surface area (Å²) < 4.78 is 35.3. The van der Waals surface area contributed by atoms with E-state index in [0.717, 1.165) is 16.6 Å². The number of amides is 1. The minimum atomic E-state index is -3.97. The summed E-state index contributed by atoms with van der Waals surface area (Å²) in [6, 6.07) is 19.1. The molecule has 0 fully saturated rings. The molecular formula is C27H25Cl2N3O4S. The summed E-state index contributed by atoms with van der Waals surface area (Å²) in [5.41, 5.74) is 9.51. The number of hydrogen-bond acceptors (Lipinski definition) is 5. The van der Waals surface area contributed by atoms with Crippen molar-refractivity contribution in [2.24, 2.45) is 5.73 Å². The summed E-state index contributed by atoms with van der Waals surface area (Å²) in [5.74, 6) is 0.0716. The van der Waals surface area contributed by atoms with Crippen LogP contribution in [0.15, 0.2) is 71.6 Å². The molecule has 1 aromatic heterocycles. The molecule has 1 amide bonds. The van der Waals surface area contributed by atoms with E-state index < -0.39 is 15.9 Å². The minimum Gasteiger partial charge on any atom is -0.487 e. The van der Waals surface area contributed by atoms with Crippen molar-refractivity contribution in [1.82, 2.24) is 9.71 Å². The number of aromatic nitrogens is 1. The van der Waals surface area contributed by atoms with E-state index >= 15 is 0 Å². The lowest BCUT2D eigenvalue weighted by Gasteiger charge is -2.18. The Kier molecular flexibility index (Phi) is 8.34. The standard InChI is InChI=1S/C27H25Cl2N3O4S/c1-17-8-9-19-5-3-7-24(26(19)32-17)36-16-23-21(13-28)10-11-25(22(23)14-29)37(34,35)31-15-18-4-2-6-20(12-18)27(30)33/h2-12,31H,13-16H2,1H3,(H2,30,33). The Morgan fingerprint density at radius 3 is 2.51 bits per heavy atom. The van der Waals surface area contributed by atoms with Crippen molar-refractivity contribution in [3.8, 4) is 5.75 Å². The summed E-state index contributed by atoms with van der Waals surface area (Å²) in [6.07, 6.45) is 0. The Hall–Kier alpha value is -3.17. The van der Waals surface area contributed by atoms with Crippen molar-refractivity contribution in [2.45, 2.75) is 36.7 Å². The zero-order chi connectivity index (χ0) is 26.6. The summed E-state index contributed by atoms with van der Waals surface area (Å²) >= 11 is 12.5. The van der Waals surface area contributed by atoms with Crippen LogP contribution in [0.3, 0.4) is 0 Å². The van der Waals surface area contributed by atoms with E-state index in [1.807, 2.05) is 37.3 Å². The molecule has 0 bridgehead atoms. The maximum Gasteiger partial charge on any atom is 0.248 e. The van der Waals surface area contributed by atoms with Crippen LogP contribution in [0, 0.1) is 6.92 Å². The van der Waals surface area contributed by atoms with Crippen molar-refractivity contribution in [1.29, 1.82) is 0 Å². The molecule has 0 saturated carbocycles. The average Bonchev–Trinajstić information content (AvgIpc) is 2.90. The van der Waals surface area contributed by atoms with Gasteiger partial charge in [0.2, 0.25) is 15.9 Å². The number of hydrogen-bond donors (Lipinski definition) is 2. The minimum absolute atomic E-state index is 0.0324. The van der Waals surface area contributed by atoms with Crippen LogP contribution < -0.4 is 15.2 Å². The maximum absolute atomic E-state index is 13.3. The Balaban J connectivity index is 1.64. The highest BCUT2D eigenvalue weighted by Gasteiger charge is 2.23. The summed E-state index contributed by atoms with van der Waals surface area (Å²) in [6.45, 7) is 1.93. The third-order valence-corrected chi connectivity index (χ3v) is 7.97. The van der Waals surface area contributed by atoms with Gasteiger partial charge >= 0.3 is 0 Å². The molecule has 4 aromatic rings. The van der Waals surface area contributed by atoms with Crippen LogP contribution in [0.1, 0.15) is 38.3 Å². The molecule has 1 heterocycles. The fraction of sp³-hybridized carbons (Fsp3) is 0.185. The summed E-state index contributed by atoms with van der Waals surface area (Å²) in [7, 11) is -3.97. The SMILES string of the molecule is Cc1ccc2cccc(OCc3c(CCl)ccc(S(=O)(=O)NCc4cccc(C(N)=O)c4)c3CCl)c2n1. The van der Waals surface area contributed by atoms with Gasteiger partial charge in [-0.2, -0.15) is 0 Å². The number of sulfonamides is 1. The van der Waals surface area contributed by atoms with Gasteiger partial charge in [0.05, 0.1) is 4.90 Å². The van der Waals surface area contributed by atoms with Gasteiger partial charge in [-0.1, -0.05) is 36.4 Å². The lowest BCUT2D eigenvalue weighted by Crippen LogP contribution is -2.25. The van der Waals surface area contributed by atoms with Crippen LogP contribution >= 0.6 is 23.2 Å². The molecule has 4 rings (SSSR count). The number of benzene rings is 3. The van der Waals surface area contributed by atoms with Gasteiger partial charge in [0.1, 0.15) is 17.9 Å². The lowest BCUT2D eigenvalue weighted by atomic mass is 10.0. The number of carbonyl (C=O) groups excluding carboxylic acids is 1. The second kappa shape index (κ2) is 11.5. The van der Waals surface area contributed by atoms with Gasteiger partial charge in [-0.3, -0.25) is 4.79 Å². The third kappa shape index (κ3) is 6.05. The molecule has 192 valence electrons. The number of nitrogens with one attached hydrogen (secondary N) is 1. The van der Waals surface area contributed by atoms with Crippen LogP contribution in [0.2, 0.25) is 0 Å². The number of carbonyl (C=O) groups is 1. The number of fused-ring (bicyclic) bond motifs is 1. The van der Waals surface area contributed by atoms with E-state index in [9.17, 15) is 13.2 Å². The number of para-hydroxylation sites is 1. The van der Waals surface area contributed by atoms with E-state index in [1.54, 1.807) is 30.3 Å². The molecule has 10 heteroatoms. The van der Waals surface area contributed by atoms with Gasteiger partial charge in [0.25, 0.3) is 0 Å². The Bertz CT molecular complexity index is 1580. The van der Waals surface area contributed by atoms with Crippen molar-refractivity contribution in [2.75, 3.05) is 0 Å². The molecular weight excluding hydrogens is 533 g/mol. The van der Waals surface area contributed by atoms with E-state index in [1.165, 1.54) is 6.07 Å². The molecule has 0 saturated heterocycles. The van der Waals surface area contributed by atoms with Crippen LogP contribution in [0.4, 0.5) is 0 Å². The molecule has 3 aromatic carbocycles. The highest BCUT2D eigenvalue weighted by molar-refractivity contribution is 7.89. The fourth-order valence-electron chi connectivity index (χ4n) is 4.00. The first kappa shape index (κ1) is 26.9. The number of alkyl halides is 2.